The van der Waals surface area contributed by atoms with E-state index in [1.807, 2.05) is 12.1 Å². The molecule has 24 heavy (non-hydrogen) atoms. The van der Waals surface area contributed by atoms with Gasteiger partial charge in [-0.3, -0.25) is 9.59 Å². The molecule has 0 aliphatic carbocycles. The Bertz CT molecular complexity index is 727. The predicted octanol–water partition coefficient (Wildman–Crippen LogP) is 1.58. The van der Waals surface area contributed by atoms with Crippen LogP contribution in [0, 0.1) is 6.92 Å². The molecule has 128 valence electrons. The Labute approximate surface area is 145 Å². The number of halogens is 1. The topological polar surface area (TPSA) is 93.2 Å². The summed E-state index contributed by atoms with van der Waals surface area (Å²) in [5.41, 5.74) is 7.41. The number of anilines is 1. The number of aromatic nitrogens is 2. The van der Waals surface area contributed by atoms with E-state index >= 15 is 0 Å². The fourth-order valence-electron chi connectivity index (χ4n) is 2.15. The molecule has 0 aliphatic heterocycles. The number of carbonyl (C=O) groups is 2. The number of nitrogens with one attached hydrogen (secondary N) is 1. The van der Waals surface area contributed by atoms with Crippen molar-refractivity contribution in [1.82, 2.24) is 14.7 Å². The molecule has 8 heteroatoms. The van der Waals surface area contributed by atoms with E-state index in [2.05, 4.69) is 10.4 Å². The van der Waals surface area contributed by atoms with Crippen LogP contribution in [0.25, 0.3) is 5.69 Å². The second-order valence-electron chi connectivity index (χ2n) is 5.35. The minimum Gasteiger partial charge on any atom is -0.337 e. The summed E-state index contributed by atoms with van der Waals surface area (Å²) < 4.78 is 1.66. The Balaban J connectivity index is 2.09. The van der Waals surface area contributed by atoms with Gasteiger partial charge < -0.3 is 16.0 Å². The van der Waals surface area contributed by atoms with Crippen LogP contribution in [0.2, 0.25) is 5.02 Å². The van der Waals surface area contributed by atoms with Gasteiger partial charge in [0.1, 0.15) is 0 Å². The van der Waals surface area contributed by atoms with E-state index in [0.29, 0.717) is 35.9 Å². The fraction of sp³-hybridized carbons (Fsp3) is 0.312. The van der Waals surface area contributed by atoms with E-state index in [9.17, 15) is 9.59 Å². The van der Waals surface area contributed by atoms with Crippen molar-refractivity contribution in [2.24, 2.45) is 5.73 Å². The summed E-state index contributed by atoms with van der Waals surface area (Å²) in [7, 11) is 1.57. The number of hydrogen-bond donors (Lipinski definition) is 2. The molecule has 1 heterocycles. The van der Waals surface area contributed by atoms with Crippen molar-refractivity contribution >= 4 is 29.1 Å². The van der Waals surface area contributed by atoms with E-state index < -0.39 is 11.8 Å². The van der Waals surface area contributed by atoms with Gasteiger partial charge in [-0.1, -0.05) is 11.6 Å². The number of nitrogens with two attached hydrogens (primary N) is 1. The van der Waals surface area contributed by atoms with Crippen molar-refractivity contribution in [2.45, 2.75) is 13.3 Å². The molecule has 0 saturated carbocycles. The molecule has 7 nitrogen and oxygen atoms in total. The third-order valence-corrected chi connectivity index (χ3v) is 3.82. The summed E-state index contributed by atoms with van der Waals surface area (Å²) in [6.45, 7) is 2.71. The molecule has 0 unspecified atom stereocenters. The van der Waals surface area contributed by atoms with Crippen LogP contribution in [-0.2, 0) is 9.59 Å². The average molecular weight is 350 g/mol. The average Bonchev–Trinajstić information content (AvgIpc) is 2.93. The molecule has 0 saturated heterocycles. The zero-order valence-corrected chi connectivity index (χ0v) is 14.4. The van der Waals surface area contributed by atoms with Crippen LogP contribution in [0.15, 0.2) is 30.5 Å². The SMILES string of the molecule is Cc1c(NC(=O)C(=O)N(C)CCCN)cnn1-c1ccc(Cl)cc1. The highest BCUT2D eigenvalue weighted by atomic mass is 35.5. The summed E-state index contributed by atoms with van der Waals surface area (Å²) in [6.07, 6.45) is 2.15. The molecule has 2 amide bonds. The highest BCUT2D eigenvalue weighted by Gasteiger charge is 2.20. The first-order valence-corrected chi connectivity index (χ1v) is 7.89. The van der Waals surface area contributed by atoms with Crippen molar-refractivity contribution in [3.8, 4) is 5.69 Å². The van der Waals surface area contributed by atoms with Gasteiger partial charge in [-0.2, -0.15) is 5.10 Å². The van der Waals surface area contributed by atoms with E-state index in [0.717, 1.165) is 5.69 Å². The highest BCUT2D eigenvalue weighted by molar-refractivity contribution is 6.39. The first-order valence-electron chi connectivity index (χ1n) is 7.51. The van der Waals surface area contributed by atoms with E-state index in [1.54, 1.807) is 30.8 Å². The first kappa shape index (κ1) is 18.0. The normalized spacial score (nSPS) is 10.5. The molecular weight excluding hydrogens is 330 g/mol. The van der Waals surface area contributed by atoms with Gasteiger partial charge in [-0.25, -0.2) is 4.68 Å². The molecule has 0 radical (unpaired) electrons. The lowest BCUT2D eigenvalue weighted by molar-refractivity contribution is -0.142. The summed E-state index contributed by atoms with van der Waals surface area (Å²) in [6, 6.07) is 7.15. The molecular formula is C16H20ClN5O2. The summed E-state index contributed by atoms with van der Waals surface area (Å²) in [5.74, 6) is -1.31. The maximum Gasteiger partial charge on any atom is 0.313 e. The van der Waals surface area contributed by atoms with Gasteiger partial charge in [-0.15, -0.1) is 0 Å². The molecule has 3 N–H and O–H groups in total. The minimum atomic E-state index is -0.701. The minimum absolute atomic E-state index is 0.436. The van der Waals surface area contributed by atoms with E-state index in [-0.39, 0.29) is 0 Å². The molecule has 0 spiro atoms. The maximum atomic E-state index is 12.1. The van der Waals surface area contributed by atoms with Crippen molar-refractivity contribution < 1.29 is 9.59 Å². The number of amides is 2. The molecule has 1 aromatic heterocycles. The number of rotatable bonds is 5. The molecule has 2 aromatic rings. The van der Waals surface area contributed by atoms with Crippen LogP contribution in [0.4, 0.5) is 5.69 Å². The van der Waals surface area contributed by atoms with Crippen molar-refractivity contribution in [1.29, 1.82) is 0 Å². The molecule has 2 rings (SSSR count). The Hall–Kier alpha value is -2.38. The van der Waals surface area contributed by atoms with Gasteiger partial charge >= 0.3 is 11.8 Å². The van der Waals surface area contributed by atoms with E-state index in [4.69, 9.17) is 17.3 Å². The lowest BCUT2D eigenvalue weighted by Crippen LogP contribution is -2.38. The number of nitrogens with zero attached hydrogens (tertiary/aromatic N) is 3. The number of likely N-dealkylation sites (N-methyl/N-ethyl adjacent to an activating group) is 1. The van der Waals surface area contributed by atoms with Crippen LogP contribution >= 0.6 is 11.6 Å². The van der Waals surface area contributed by atoms with Crippen LogP contribution in [0.3, 0.4) is 0 Å². The van der Waals surface area contributed by atoms with Crippen molar-refractivity contribution in [3.05, 3.63) is 41.2 Å². The van der Waals surface area contributed by atoms with Gasteiger partial charge in [0.15, 0.2) is 0 Å². The summed E-state index contributed by atoms with van der Waals surface area (Å²) in [4.78, 5) is 25.4. The molecule has 0 bridgehead atoms. The molecule has 0 atom stereocenters. The second kappa shape index (κ2) is 7.94. The lowest BCUT2D eigenvalue weighted by atomic mass is 10.3. The van der Waals surface area contributed by atoms with Gasteiger partial charge in [0.2, 0.25) is 0 Å². The Morgan fingerprint density at radius 1 is 1.33 bits per heavy atom. The lowest BCUT2D eigenvalue weighted by Gasteiger charge is -2.15. The van der Waals surface area contributed by atoms with Gasteiger partial charge in [0.05, 0.1) is 23.3 Å². The quantitative estimate of drug-likeness (QED) is 0.801. The van der Waals surface area contributed by atoms with Crippen LogP contribution < -0.4 is 11.1 Å². The zero-order valence-electron chi connectivity index (χ0n) is 13.6. The molecule has 1 aromatic carbocycles. The van der Waals surface area contributed by atoms with Crippen LogP contribution in [0.1, 0.15) is 12.1 Å². The third-order valence-electron chi connectivity index (χ3n) is 3.57. The Morgan fingerprint density at radius 3 is 2.62 bits per heavy atom. The molecule has 0 aliphatic rings. The zero-order chi connectivity index (χ0) is 17.7. The fourth-order valence-corrected chi connectivity index (χ4v) is 2.28. The predicted molar refractivity (Wildman–Crippen MR) is 93.2 cm³/mol. The standard InChI is InChI=1S/C16H20ClN5O2/c1-11-14(20-15(23)16(24)21(2)9-3-8-18)10-19-22(11)13-6-4-12(17)5-7-13/h4-7,10H,3,8-9,18H2,1-2H3,(H,20,23). The third kappa shape index (κ3) is 4.12. The van der Waals surface area contributed by atoms with Gasteiger partial charge in [0, 0.05) is 18.6 Å². The maximum absolute atomic E-state index is 12.1. The Kier molecular flexibility index (Phi) is 5.94. The number of hydrogen-bond acceptors (Lipinski definition) is 4. The Morgan fingerprint density at radius 2 is 2.00 bits per heavy atom. The van der Waals surface area contributed by atoms with E-state index in [1.165, 1.54) is 11.1 Å². The largest absolute Gasteiger partial charge is 0.337 e. The smallest absolute Gasteiger partial charge is 0.313 e. The van der Waals surface area contributed by atoms with Crippen LogP contribution in [-0.4, -0.2) is 46.6 Å². The molecule has 0 fully saturated rings. The monoisotopic (exact) mass is 349 g/mol. The van der Waals surface area contributed by atoms with Crippen LogP contribution in [0.5, 0.6) is 0 Å². The second-order valence-corrected chi connectivity index (χ2v) is 5.79. The number of carbonyl (C=O) groups excluding carboxylic acids is 2. The van der Waals surface area contributed by atoms with Gasteiger partial charge in [0.25, 0.3) is 0 Å². The summed E-state index contributed by atoms with van der Waals surface area (Å²) >= 11 is 5.88. The first-order chi connectivity index (χ1) is 11.4. The van der Waals surface area contributed by atoms with Crippen molar-refractivity contribution in [3.63, 3.8) is 0 Å². The highest BCUT2D eigenvalue weighted by Crippen LogP contribution is 2.20. The summed E-state index contributed by atoms with van der Waals surface area (Å²) in [5, 5.41) is 7.47. The van der Waals surface area contributed by atoms with Gasteiger partial charge in [-0.05, 0) is 44.2 Å². The van der Waals surface area contributed by atoms with Crippen molar-refractivity contribution in [2.75, 3.05) is 25.5 Å². The number of benzene rings is 1.